The molecule has 0 atom stereocenters. The zero-order chi connectivity index (χ0) is 12.5. The Kier molecular flexibility index (Phi) is 3.08. The molecular weight excluding hydrogens is 224 g/mol. The summed E-state index contributed by atoms with van der Waals surface area (Å²) in [6.45, 7) is 3.45. The van der Waals surface area contributed by atoms with Crippen molar-refractivity contribution in [1.29, 1.82) is 0 Å². The third-order valence-electron chi connectivity index (χ3n) is 4.08. The number of likely N-dealkylation sites (tertiary alicyclic amines) is 1. The Hall–Kier alpha value is -1.35. The van der Waals surface area contributed by atoms with Gasteiger partial charge in [0.1, 0.15) is 0 Å². The maximum Gasteiger partial charge on any atom is 0.231 e. The van der Waals surface area contributed by atoms with Crippen molar-refractivity contribution in [3.8, 4) is 0 Å². The number of rotatable bonds is 2. The van der Waals surface area contributed by atoms with Crippen molar-refractivity contribution >= 4 is 11.6 Å². The van der Waals surface area contributed by atoms with Crippen LogP contribution in [0.5, 0.6) is 0 Å². The summed E-state index contributed by atoms with van der Waals surface area (Å²) in [5.41, 5.74) is 3.61. The van der Waals surface area contributed by atoms with Crippen LogP contribution in [0.25, 0.3) is 0 Å². The number of anilines is 1. The van der Waals surface area contributed by atoms with Gasteiger partial charge in [0, 0.05) is 19.3 Å². The molecule has 2 aliphatic rings. The third-order valence-corrected chi connectivity index (χ3v) is 4.08. The fraction of sp³-hybridized carbons (Fsp3) is 0.533. The molecular formula is C15H20N2O. The maximum absolute atomic E-state index is 11.6. The van der Waals surface area contributed by atoms with Crippen LogP contribution in [0.1, 0.15) is 30.4 Å². The Labute approximate surface area is 108 Å². The summed E-state index contributed by atoms with van der Waals surface area (Å²) >= 11 is 0. The van der Waals surface area contributed by atoms with Gasteiger partial charge in [-0.25, -0.2) is 0 Å². The Morgan fingerprint density at radius 1 is 1.17 bits per heavy atom. The number of hydrogen-bond acceptors (Lipinski definition) is 2. The minimum Gasteiger partial charge on any atom is -0.315 e. The first-order valence-electron chi connectivity index (χ1n) is 6.85. The zero-order valence-electron chi connectivity index (χ0n) is 11.0. The van der Waals surface area contributed by atoms with Crippen LogP contribution in [0.3, 0.4) is 0 Å². The molecule has 0 aliphatic carbocycles. The van der Waals surface area contributed by atoms with Gasteiger partial charge in [0.2, 0.25) is 5.91 Å². The van der Waals surface area contributed by atoms with E-state index in [0.29, 0.717) is 6.42 Å². The summed E-state index contributed by atoms with van der Waals surface area (Å²) in [5.74, 6) is 0.208. The first-order chi connectivity index (χ1) is 8.74. The Bertz CT molecular complexity index is 464. The van der Waals surface area contributed by atoms with Crippen LogP contribution in [-0.4, -0.2) is 30.9 Å². The van der Waals surface area contributed by atoms with E-state index >= 15 is 0 Å². The average Bonchev–Trinajstić information content (AvgIpc) is 2.67. The lowest BCUT2D eigenvalue weighted by Gasteiger charge is -2.26. The molecule has 0 bridgehead atoms. The maximum atomic E-state index is 11.6. The van der Waals surface area contributed by atoms with Gasteiger partial charge in [-0.2, -0.15) is 0 Å². The van der Waals surface area contributed by atoms with E-state index in [0.717, 1.165) is 12.2 Å². The highest BCUT2D eigenvalue weighted by atomic mass is 16.2. The van der Waals surface area contributed by atoms with Crippen LogP contribution in [-0.2, 0) is 17.8 Å². The largest absolute Gasteiger partial charge is 0.315 e. The molecule has 0 saturated carbocycles. The molecule has 18 heavy (non-hydrogen) atoms. The summed E-state index contributed by atoms with van der Waals surface area (Å²) in [6, 6.07) is 6.49. The molecule has 2 heterocycles. The van der Waals surface area contributed by atoms with E-state index in [1.165, 1.54) is 43.5 Å². The zero-order valence-corrected chi connectivity index (χ0v) is 11.0. The molecule has 1 amide bonds. The van der Waals surface area contributed by atoms with Gasteiger partial charge in [-0.3, -0.25) is 9.69 Å². The monoisotopic (exact) mass is 244 g/mol. The second kappa shape index (κ2) is 4.73. The number of nitrogens with zero attached hydrogens (tertiary/aromatic N) is 2. The van der Waals surface area contributed by atoms with Crippen LogP contribution >= 0.6 is 0 Å². The second-order valence-corrected chi connectivity index (χ2v) is 5.43. The number of carbonyl (C=O) groups is 1. The molecule has 96 valence electrons. The molecule has 3 nitrogen and oxygen atoms in total. The first-order valence-corrected chi connectivity index (χ1v) is 6.85. The van der Waals surface area contributed by atoms with Crippen LogP contribution in [0, 0.1) is 0 Å². The number of amides is 1. The van der Waals surface area contributed by atoms with Gasteiger partial charge >= 0.3 is 0 Å². The summed E-state index contributed by atoms with van der Waals surface area (Å²) in [4.78, 5) is 16.0. The fourth-order valence-corrected chi connectivity index (χ4v) is 2.96. The predicted octanol–water partition coefficient (Wildman–Crippen LogP) is 2.19. The quantitative estimate of drug-likeness (QED) is 0.796. The van der Waals surface area contributed by atoms with Gasteiger partial charge in [0.25, 0.3) is 0 Å². The first kappa shape index (κ1) is 11.7. The van der Waals surface area contributed by atoms with Crippen LogP contribution in [0.4, 0.5) is 5.69 Å². The van der Waals surface area contributed by atoms with Crippen molar-refractivity contribution < 1.29 is 4.79 Å². The molecule has 2 aliphatic heterocycles. The van der Waals surface area contributed by atoms with Crippen LogP contribution < -0.4 is 4.90 Å². The van der Waals surface area contributed by atoms with E-state index in [4.69, 9.17) is 0 Å². The van der Waals surface area contributed by atoms with Crippen molar-refractivity contribution in [1.82, 2.24) is 4.90 Å². The minimum absolute atomic E-state index is 0.208. The topological polar surface area (TPSA) is 23.6 Å². The second-order valence-electron chi connectivity index (χ2n) is 5.43. The normalized spacial score (nSPS) is 20.3. The van der Waals surface area contributed by atoms with E-state index < -0.39 is 0 Å². The van der Waals surface area contributed by atoms with Crippen molar-refractivity contribution in [2.24, 2.45) is 0 Å². The SMILES string of the molecule is CN1C(=O)Cc2ccc(CN3CCCCC3)cc21. The molecule has 0 spiro atoms. The van der Waals surface area contributed by atoms with Crippen molar-refractivity contribution in [2.75, 3.05) is 25.0 Å². The number of carbonyl (C=O) groups excluding carboxylic acids is 1. The molecule has 0 aromatic heterocycles. The summed E-state index contributed by atoms with van der Waals surface area (Å²) in [6.07, 6.45) is 4.58. The van der Waals surface area contributed by atoms with Gasteiger partial charge in [0.05, 0.1) is 6.42 Å². The Morgan fingerprint density at radius 2 is 1.94 bits per heavy atom. The van der Waals surface area contributed by atoms with E-state index in [2.05, 4.69) is 23.1 Å². The predicted molar refractivity (Wildman–Crippen MR) is 72.7 cm³/mol. The molecule has 0 unspecified atom stereocenters. The van der Waals surface area contributed by atoms with Gasteiger partial charge in [-0.15, -0.1) is 0 Å². The Balaban J connectivity index is 1.76. The highest BCUT2D eigenvalue weighted by Gasteiger charge is 2.24. The molecule has 3 heteroatoms. The van der Waals surface area contributed by atoms with Gasteiger partial charge in [-0.1, -0.05) is 18.6 Å². The standard InChI is InChI=1S/C15H20N2O/c1-16-14-9-12(5-6-13(14)10-15(16)18)11-17-7-3-2-4-8-17/h5-6,9H,2-4,7-8,10-11H2,1H3. The number of piperidine rings is 1. The number of likely N-dealkylation sites (N-methyl/N-ethyl adjacent to an activating group) is 1. The molecule has 1 aromatic rings. The smallest absolute Gasteiger partial charge is 0.231 e. The van der Waals surface area contributed by atoms with Crippen molar-refractivity contribution in [2.45, 2.75) is 32.2 Å². The van der Waals surface area contributed by atoms with Crippen LogP contribution in [0.15, 0.2) is 18.2 Å². The lowest BCUT2D eigenvalue weighted by molar-refractivity contribution is -0.117. The highest BCUT2D eigenvalue weighted by molar-refractivity contribution is 6.00. The Morgan fingerprint density at radius 3 is 2.72 bits per heavy atom. The fourth-order valence-electron chi connectivity index (χ4n) is 2.96. The number of benzene rings is 1. The van der Waals surface area contributed by atoms with Gasteiger partial charge in [-0.05, 0) is 43.1 Å². The molecule has 1 fully saturated rings. The van der Waals surface area contributed by atoms with Gasteiger partial charge in [0.15, 0.2) is 0 Å². The van der Waals surface area contributed by atoms with E-state index in [1.807, 2.05) is 7.05 Å². The number of hydrogen-bond donors (Lipinski definition) is 0. The van der Waals surface area contributed by atoms with Gasteiger partial charge < -0.3 is 4.90 Å². The highest BCUT2D eigenvalue weighted by Crippen LogP contribution is 2.29. The molecule has 1 saturated heterocycles. The van der Waals surface area contributed by atoms with E-state index in [-0.39, 0.29) is 5.91 Å². The lowest BCUT2D eigenvalue weighted by atomic mass is 10.1. The van der Waals surface area contributed by atoms with E-state index in [1.54, 1.807) is 4.90 Å². The minimum atomic E-state index is 0.208. The van der Waals surface area contributed by atoms with Crippen LogP contribution in [0.2, 0.25) is 0 Å². The summed E-state index contributed by atoms with van der Waals surface area (Å²) in [7, 11) is 1.87. The van der Waals surface area contributed by atoms with Crippen molar-refractivity contribution in [3.63, 3.8) is 0 Å². The average molecular weight is 244 g/mol. The molecule has 0 N–H and O–H groups in total. The lowest BCUT2D eigenvalue weighted by Crippen LogP contribution is -2.29. The molecule has 1 aromatic carbocycles. The molecule has 0 radical (unpaired) electrons. The number of fused-ring (bicyclic) bond motifs is 1. The van der Waals surface area contributed by atoms with E-state index in [9.17, 15) is 4.79 Å². The van der Waals surface area contributed by atoms with Crippen molar-refractivity contribution in [3.05, 3.63) is 29.3 Å². The summed E-state index contributed by atoms with van der Waals surface area (Å²) in [5, 5.41) is 0. The molecule has 3 rings (SSSR count). The summed E-state index contributed by atoms with van der Waals surface area (Å²) < 4.78 is 0. The third kappa shape index (κ3) is 2.15.